The number of piperidine rings is 1. The number of imide groups is 1. The number of carbonyl (C=O) groups is 2. The van der Waals surface area contributed by atoms with Gasteiger partial charge in [0, 0.05) is 25.7 Å². The van der Waals surface area contributed by atoms with Crippen LogP contribution >= 0.6 is 0 Å². The van der Waals surface area contributed by atoms with Gasteiger partial charge in [-0.2, -0.15) is 0 Å². The van der Waals surface area contributed by atoms with Crippen LogP contribution in [0.5, 0.6) is 0 Å². The van der Waals surface area contributed by atoms with Crippen LogP contribution in [0.2, 0.25) is 0 Å². The molecule has 2 saturated heterocycles. The highest BCUT2D eigenvalue weighted by molar-refractivity contribution is 6.00. The van der Waals surface area contributed by atoms with Gasteiger partial charge in [0.05, 0.1) is 5.92 Å². The number of carbonyl (C=O) groups excluding carboxylic acids is 2. The zero-order valence-electron chi connectivity index (χ0n) is 11.6. The molecule has 2 fully saturated rings. The molecule has 2 aliphatic heterocycles. The first-order valence-electron chi connectivity index (χ1n) is 7.18. The van der Waals surface area contributed by atoms with Crippen molar-refractivity contribution in [1.82, 2.24) is 10.3 Å². The van der Waals surface area contributed by atoms with E-state index in [1.165, 1.54) is 6.42 Å². The Labute approximate surface area is 118 Å². The summed E-state index contributed by atoms with van der Waals surface area (Å²) in [5.41, 5.74) is 0.894. The van der Waals surface area contributed by atoms with Crippen molar-refractivity contribution >= 4 is 17.6 Å². The number of rotatable bonds is 2. The Hall–Kier alpha value is -1.91. The van der Waals surface area contributed by atoms with Crippen LogP contribution in [-0.4, -0.2) is 29.9 Å². The van der Waals surface area contributed by atoms with Crippen LogP contribution in [0, 0.1) is 5.92 Å². The largest absolute Gasteiger partial charge is 0.356 e. The third-order valence-corrected chi connectivity index (χ3v) is 4.16. The van der Waals surface area contributed by atoms with Gasteiger partial charge in [0.2, 0.25) is 11.8 Å². The first-order valence-corrected chi connectivity index (χ1v) is 7.18. The number of nitrogens with zero attached hydrogens (tertiary/aromatic N) is 2. The van der Waals surface area contributed by atoms with E-state index in [2.05, 4.69) is 22.1 Å². The number of nitrogens with one attached hydrogen (secondary N) is 1. The van der Waals surface area contributed by atoms with Gasteiger partial charge >= 0.3 is 0 Å². The third-order valence-electron chi connectivity index (χ3n) is 4.16. The van der Waals surface area contributed by atoms with E-state index in [1.807, 2.05) is 12.1 Å². The molecule has 0 saturated carbocycles. The first-order chi connectivity index (χ1) is 9.63. The van der Waals surface area contributed by atoms with E-state index in [9.17, 15) is 9.59 Å². The molecule has 5 nitrogen and oxygen atoms in total. The lowest BCUT2D eigenvalue weighted by molar-refractivity contribution is -0.134. The molecular weight excluding hydrogens is 254 g/mol. The third kappa shape index (κ3) is 2.53. The summed E-state index contributed by atoms with van der Waals surface area (Å²) >= 11 is 0. The lowest BCUT2D eigenvalue weighted by Crippen LogP contribution is -2.39. The molecule has 0 radical (unpaired) electrons. The van der Waals surface area contributed by atoms with Crippen molar-refractivity contribution in [3.05, 3.63) is 23.9 Å². The number of amides is 2. The maximum Gasteiger partial charge on any atom is 0.234 e. The van der Waals surface area contributed by atoms with Crippen molar-refractivity contribution < 1.29 is 9.59 Å². The minimum Gasteiger partial charge on any atom is -0.356 e. The Morgan fingerprint density at radius 3 is 2.75 bits per heavy atom. The van der Waals surface area contributed by atoms with Crippen molar-refractivity contribution in [1.29, 1.82) is 0 Å². The number of hydrogen-bond acceptors (Lipinski definition) is 4. The van der Waals surface area contributed by atoms with Crippen LogP contribution in [-0.2, 0) is 9.59 Å². The van der Waals surface area contributed by atoms with E-state index < -0.39 is 0 Å². The van der Waals surface area contributed by atoms with Crippen LogP contribution in [0.3, 0.4) is 0 Å². The van der Waals surface area contributed by atoms with E-state index >= 15 is 0 Å². The molecule has 3 rings (SSSR count). The van der Waals surface area contributed by atoms with Gasteiger partial charge in [0.25, 0.3) is 0 Å². The summed E-state index contributed by atoms with van der Waals surface area (Å²) in [7, 11) is 0. The SMILES string of the molecule is CC1CCN(c2ccc(C3CCC(=O)NC3=O)cn2)C1. The van der Waals surface area contributed by atoms with E-state index in [4.69, 9.17) is 0 Å². The van der Waals surface area contributed by atoms with Crippen molar-refractivity contribution in [2.75, 3.05) is 18.0 Å². The highest BCUT2D eigenvalue weighted by Gasteiger charge is 2.28. The maximum absolute atomic E-state index is 11.8. The van der Waals surface area contributed by atoms with Gasteiger partial charge in [-0.25, -0.2) is 4.98 Å². The summed E-state index contributed by atoms with van der Waals surface area (Å²) in [6.45, 7) is 4.34. The van der Waals surface area contributed by atoms with Crippen LogP contribution in [0.1, 0.15) is 37.7 Å². The van der Waals surface area contributed by atoms with Gasteiger partial charge in [-0.05, 0) is 30.4 Å². The fourth-order valence-corrected chi connectivity index (χ4v) is 2.95. The van der Waals surface area contributed by atoms with Crippen molar-refractivity contribution in [3.8, 4) is 0 Å². The molecule has 0 bridgehead atoms. The molecule has 5 heteroatoms. The second kappa shape index (κ2) is 5.23. The van der Waals surface area contributed by atoms with Crippen molar-refractivity contribution in [2.24, 2.45) is 5.92 Å². The topological polar surface area (TPSA) is 62.3 Å². The zero-order valence-corrected chi connectivity index (χ0v) is 11.6. The normalized spacial score (nSPS) is 26.8. The Bertz CT molecular complexity index is 526. The van der Waals surface area contributed by atoms with Crippen LogP contribution < -0.4 is 10.2 Å². The van der Waals surface area contributed by atoms with Crippen molar-refractivity contribution in [3.63, 3.8) is 0 Å². The van der Waals surface area contributed by atoms with E-state index in [0.29, 0.717) is 18.8 Å². The van der Waals surface area contributed by atoms with Gasteiger partial charge < -0.3 is 4.90 Å². The fraction of sp³-hybridized carbons (Fsp3) is 0.533. The average Bonchev–Trinajstić information content (AvgIpc) is 2.86. The van der Waals surface area contributed by atoms with Crippen LogP contribution in [0.15, 0.2) is 18.3 Å². The average molecular weight is 273 g/mol. The quantitative estimate of drug-likeness (QED) is 0.828. The van der Waals surface area contributed by atoms with Gasteiger partial charge in [-0.3, -0.25) is 14.9 Å². The fourth-order valence-electron chi connectivity index (χ4n) is 2.95. The Kier molecular flexibility index (Phi) is 3.42. The lowest BCUT2D eigenvalue weighted by Gasteiger charge is -2.22. The highest BCUT2D eigenvalue weighted by Crippen LogP contribution is 2.27. The maximum atomic E-state index is 11.8. The molecule has 1 aromatic rings. The highest BCUT2D eigenvalue weighted by atomic mass is 16.2. The summed E-state index contributed by atoms with van der Waals surface area (Å²) in [6.07, 6.45) is 3.96. The van der Waals surface area contributed by atoms with Crippen LogP contribution in [0.25, 0.3) is 0 Å². The summed E-state index contributed by atoms with van der Waals surface area (Å²) < 4.78 is 0. The molecule has 0 spiro atoms. The monoisotopic (exact) mass is 273 g/mol. The van der Waals surface area contributed by atoms with Gasteiger partial charge in [0.15, 0.2) is 0 Å². The molecular formula is C15H19N3O2. The first kappa shape index (κ1) is 13.1. The molecule has 20 heavy (non-hydrogen) atoms. The molecule has 106 valence electrons. The smallest absolute Gasteiger partial charge is 0.234 e. The van der Waals surface area contributed by atoms with E-state index in [0.717, 1.165) is 24.5 Å². The number of anilines is 1. The van der Waals surface area contributed by atoms with E-state index in [1.54, 1.807) is 6.20 Å². The predicted octanol–water partition coefficient (Wildman–Crippen LogP) is 1.45. The Balaban J connectivity index is 1.73. The van der Waals surface area contributed by atoms with Gasteiger partial charge in [-0.1, -0.05) is 13.0 Å². The molecule has 2 amide bonds. The number of aromatic nitrogens is 1. The van der Waals surface area contributed by atoms with E-state index in [-0.39, 0.29) is 17.7 Å². The number of pyridine rings is 1. The minimum absolute atomic E-state index is 0.179. The molecule has 2 unspecified atom stereocenters. The Morgan fingerprint density at radius 2 is 2.15 bits per heavy atom. The van der Waals surface area contributed by atoms with Crippen LogP contribution in [0.4, 0.5) is 5.82 Å². The van der Waals surface area contributed by atoms with Gasteiger partial charge in [-0.15, -0.1) is 0 Å². The summed E-state index contributed by atoms with van der Waals surface area (Å²) in [4.78, 5) is 29.7. The Morgan fingerprint density at radius 1 is 1.30 bits per heavy atom. The molecule has 0 aliphatic carbocycles. The standard InChI is InChI=1S/C15H19N3O2/c1-10-6-7-18(9-10)13-4-2-11(8-16-13)12-3-5-14(19)17-15(12)20/h2,4,8,10,12H,3,5-7,9H2,1H3,(H,17,19,20). The number of hydrogen-bond donors (Lipinski definition) is 1. The predicted molar refractivity (Wildman–Crippen MR) is 75.4 cm³/mol. The summed E-state index contributed by atoms with van der Waals surface area (Å²) in [5.74, 6) is 1.07. The second-order valence-corrected chi connectivity index (χ2v) is 5.79. The molecule has 3 heterocycles. The summed E-state index contributed by atoms with van der Waals surface area (Å²) in [6, 6.07) is 3.95. The molecule has 1 N–H and O–H groups in total. The van der Waals surface area contributed by atoms with Crippen molar-refractivity contribution in [2.45, 2.75) is 32.1 Å². The zero-order chi connectivity index (χ0) is 14.1. The molecule has 2 aliphatic rings. The molecule has 2 atom stereocenters. The second-order valence-electron chi connectivity index (χ2n) is 5.79. The lowest BCUT2D eigenvalue weighted by atomic mass is 9.92. The summed E-state index contributed by atoms with van der Waals surface area (Å²) in [5, 5.41) is 2.39. The molecule has 1 aromatic heterocycles. The van der Waals surface area contributed by atoms with Gasteiger partial charge in [0.1, 0.15) is 5.82 Å². The minimum atomic E-state index is -0.244. The molecule has 0 aromatic carbocycles.